The lowest BCUT2D eigenvalue weighted by Crippen LogP contribution is -2.48. The van der Waals surface area contributed by atoms with E-state index >= 15 is 0 Å². The summed E-state index contributed by atoms with van der Waals surface area (Å²) < 4.78 is 0. The van der Waals surface area contributed by atoms with Crippen LogP contribution in [0, 0.1) is 22.7 Å². The molecule has 0 bridgehead atoms. The fraction of sp³-hybridized carbons (Fsp3) is 0.882. The molecule has 1 N–H and O–H groups in total. The molecule has 0 heterocycles. The van der Waals surface area contributed by atoms with E-state index in [9.17, 15) is 4.79 Å². The highest BCUT2D eigenvalue weighted by Gasteiger charge is 2.48. The summed E-state index contributed by atoms with van der Waals surface area (Å²) in [5, 5.41) is 12.1. The number of rotatable bonds is 10. The maximum absolute atomic E-state index is 12.0. The van der Waals surface area contributed by atoms with Gasteiger partial charge in [0.05, 0.1) is 6.07 Å². The van der Waals surface area contributed by atoms with Gasteiger partial charge in [-0.25, -0.2) is 0 Å². The van der Waals surface area contributed by atoms with Gasteiger partial charge in [-0.15, -0.1) is 0 Å². The molecule has 0 aromatic carbocycles. The topological polar surface area (TPSA) is 52.9 Å². The van der Waals surface area contributed by atoms with Crippen molar-refractivity contribution in [1.29, 1.82) is 5.26 Å². The molecular weight excluding hydrogens is 248 g/mol. The first-order valence-corrected chi connectivity index (χ1v) is 8.34. The molecule has 0 spiro atoms. The van der Waals surface area contributed by atoms with Crippen molar-refractivity contribution in [3.05, 3.63) is 0 Å². The van der Waals surface area contributed by atoms with E-state index < -0.39 is 5.41 Å². The number of carbonyl (C=O) groups excluding carboxylic acids is 1. The van der Waals surface area contributed by atoms with Gasteiger partial charge in [0.15, 0.2) is 0 Å². The third-order valence-corrected chi connectivity index (χ3v) is 4.36. The maximum atomic E-state index is 12.0. The van der Waals surface area contributed by atoms with Crippen LogP contribution in [0.1, 0.15) is 78.1 Å². The molecule has 1 aliphatic carbocycles. The third-order valence-electron chi connectivity index (χ3n) is 4.36. The van der Waals surface area contributed by atoms with Crippen LogP contribution in [0.4, 0.5) is 0 Å². The van der Waals surface area contributed by atoms with Crippen molar-refractivity contribution in [1.82, 2.24) is 5.32 Å². The number of carbonyl (C=O) groups is 1. The summed E-state index contributed by atoms with van der Waals surface area (Å²) >= 11 is 0. The molecule has 3 heteroatoms. The second-order valence-corrected chi connectivity index (χ2v) is 6.44. The average molecular weight is 278 g/mol. The lowest BCUT2D eigenvalue weighted by atomic mass is 9.63. The Morgan fingerprint density at radius 2 is 1.70 bits per heavy atom. The van der Waals surface area contributed by atoms with Crippen LogP contribution < -0.4 is 5.32 Å². The predicted octanol–water partition coefficient (Wildman–Crippen LogP) is 4.18. The smallest absolute Gasteiger partial charge is 0.240 e. The van der Waals surface area contributed by atoms with E-state index in [-0.39, 0.29) is 5.91 Å². The van der Waals surface area contributed by atoms with Crippen LogP contribution in [0.5, 0.6) is 0 Å². The summed E-state index contributed by atoms with van der Waals surface area (Å²) in [4.78, 5) is 12.0. The Bertz CT molecular complexity index is 326. The Kier molecular flexibility index (Phi) is 7.65. The van der Waals surface area contributed by atoms with Crippen molar-refractivity contribution >= 4 is 5.91 Å². The molecule has 0 unspecified atom stereocenters. The number of nitriles is 1. The van der Waals surface area contributed by atoms with Crippen molar-refractivity contribution < 1.29 is 4.79 Å². The van der Waals surface area contributed by atoms with E-state index in [4.69, 9.17) is 5.26 Å². The van der Waals surface area contributed by atoms with Crippen molar-refractivity contribution in [3.8, 4) is 6.07 Å². The minimum atomic E-state index is -0.709. The fourth-order valence-electron chi connectivity index (χ4n) is 3.09. The Balaban J connectivity index is 1.99. The highest BCUT2D eigenvalue weighted by Crippen LogP contribution is 2.44. The van der Waals surface area contributed by atoms with Gasteiger partial charge in [-0.3, -0.25) is 4.79 Å². The predicted molar refractivity (Wildman–Crippen MR) is 82.1 cm³/mol. The van der Waals surface area contributed by atoms with E-state index in [1.54, 1.807) is 0 Å². The fourth-order valence-corrected chi connectivity index (χ4v) is 3.09. The Hall–Kier alpha value is -1.04. The summed E-state index contributed by atoms with van der Waals surface area (Å²) in [7, 11) is 0. The molecule has 1 fully saturated rings. The van der Waals surface area contributed by atoms with E-state index in [1.165, 1.54) is 44.9 Å². The molecule has 114 valence electrons. The number of amides is 1. The number of nitrogens with one attached hydrogen (secondary N) is 1. The van der Waals surface area contributed by atoms with Gasteiger partial charge in [0, 0.05) is 6.54 Å². The van der Waals surface area contributed by atoms with Crippen LogP contribution in [-0.2, 0) is 4.79 Å². The monoisotopic (exact) mass is 278 g/mol. The molecule has 1 rings (SSSR count). The van der Waals surface area contributed by atoms with E-state index in [1.807, 2.05) is 0 Å². The van der Waals surface area contributed by atoms with Crippen LogP contribution in [-0.4, -0.2) is 12.5 Å². The SMILES string of the molecule is CCCCCCCCCCNC(=O)C1(C#N)CC(C)C1. The van der Waals surface area contributed by atoms with Crippen molar-refractivity contribution in [2.24, 2.45) is 11.3 Å². The van der Waals surface area contributed by atoms with Gasteiger partial charge in [0.25, 0.3) is 0 Å². The van der Waals surface area contributed by atoms with Crippen molar-refractivity contribution in [2.75, 3.05) is 6.54 Å². The summed E-state index contributed by atoms with van der Waals surface area (Å²) in [6.07, 6.45) is 11.6. The zero-order valence-corrected chi connectivity index (χ0v) is 13.2. The summed E-state index contributed by atoms with van der Waals surface area (Å²) in [6.45, 7) is 5.06. The summed E-state index contributed by atoms with van der Waals surface area (Å²) in [5.41, 5.74) is -0.709. The molecule has 20 heavy (non-hydrogen) atoms. The van der Waals surface area contributed by atoms with Gasteiger partial charge >= 0.3 is 0 Å². The highest BCUT2D eigenvalue weighted by molar-refractivity contribution is 5.86. The number of hydrogen-bond donors (Lipinski definition) is 1. The lowest BCUT2D eigenvalue weighted by molar-refractivity contribution is -0.133. The van der Waals surface area contributed by atoms with Gasteiger partial charge in [0.1, 0.15) is 5.41 Å². The molecule has 0 saturated heterocycles. The van der Waals surface area contributed by atoms with Crippen LogP contribution in [0.2, 0.25) is 0 Å². The molecule has 0 atom stereocenters. The van der Waals surface area contributed by atoms with Gasteiger partial charge < -0.3 is 5.32 Å². The highest BCUT2D eigenvalue weighted by atomic mass is 16.2. The normalized spacial score (nSPS) is 24.8. The molecule has 1 amide bonds. The quantitative estimate of drug-likeness (QED) is 0.609. The number of unbranched alkanes of at least 4 members (excludes halogenated alkanes) is 7. The molecule has 0 aliphatic heterocycles. The Morgan fingerprint density at radius 1 is 1.15 bits per heavy atom. The van der Waals surface area contributed by atoms with Crippen LogP contribution >= 0.6 is 0 Å². The molecule has 0 radical (unpaired) electrons. The Labute approximate surface area is 124 Å². The standard InChI is InChI=1S/C17H30N2O/c1-3-4-5-6-7-8-9-10-11-19-16(20)17(14-18)12-15(2)13-17/h15H,3-13H2,1-2H3,(H,19,20). The molecule has 0 aromatic heterocycles. The molecule has 0 aromatic rings. The second kappa shape index (κ2) is 9.00. The summed E-state index contributed by atoms with van der Waals surface area (Å²) in [6, 6.07) is 2.21. The third kappa shape index (κ3) is 5.15. The van der Waals surface area contributed by atoms with Crippen LogP contribution in [0.3, 0.4) is 0 Å². The maximum Gasteiger partial charge on any atom is 0.240 e. The van der Waals surface area contributed by atoms with Crippen LogP contribution in [0.15, 0.2) is 0 Å². The second-order valence-electron chi connectivity index (χ2n) is 6.44. The zero-order chi connectivity index (χ0) is 14.8. The number of hydrogen-bond acceptors (Lipinski definition) is 2. The van der Waals surface area contributed by atoms with Gasteiger partial charge in [-0.05, 0) is 25.2 Å². The molecular formula is C17H30N2O. The average Bonchev–Trinajstić information content (AvgIpc) is 2.41. The van der Waals surface area contributed by atoms with E-state index in [2.05, 4.69) is 25.2 Å². The van der Waals surface area contributed by atoms with Crippen LogP contribution in [0.25, 0.3) is 0 Å². The largest absolute Gasteiger partial charge is 0.355 e. The summed E-state index contributed by atoms with van der Waals surface area (Å²) in [5.74, 6) is 0.476. The van der Waals surface area contributed by atoms with E-state index in [0.29, 0.717) is 5.92 Å². The van der Waals surface area contributed by atoms with E-state index in [0.717, 1.165) is 25.8 Å². The van der Waals surface area contributed by atoms with Gasteiger partial charge in [-0.1, -0.05) is 58.8 Å². The zero-order valence-electron chi connectivity index (χ0n) is 13.2. The first kappa shape index (κ1) is 17.0. The molecule has 1 aliphatic rings. The molecule has 1 saturated carbocycles. The van der Waals surface area contributed by atoms with Crippen molar-refractivity contribution in [2.45, 2.75) is 78.1 Å². The van der Waals surface area contributed by atoms with Gasteiger partial charge in [0.2, 0.25) is 5.91 Å². The minimum absolute atomic E-state index is 0.0407. The first-order chi connectivity index (χ1) is 9.64. The van der Waals surface area contributed by atoms with Gasteiger partial charge in [-0.2, -0.15) is 5.26 Å². The Morgan fingerprint density at radius 3 is 2.20 bits per heavy atom. The number of nitrogens with zero attached hydrogens (tertiary/aromatic N) is 1. The molecule has 3 nitrogen and oxygen atoms in total. The van der Waals surface area contributed by atoms with Crippen molar-refractivity contribution in [3.63, 3.8) is 0 Å². The minimum Gasteiger partial charge on any atom is -0.355 e. The lowest BCUT2D eigenvalue weighted by Gasteiger charge is -2.39. The first-order valence-electron chi connectivity index (χ1n) is 8.34.